The number of carbonyl (C=O) groups is 1. The number of carbonyl (C=O) groups excluding carboxylic acids is 1. The monoisotopic (exact) mass is 426 g/mol. The van der Waals surface area contributed by atoms with E-state index in [0.717, 1.165) is 17.1 Å². The van der Waals surface area contributed by atoms with Crippen LogP contribution in [0, 0.1) is 6.92 Å². The number of aromatic nitrogens is 3. The molecule has 0 spiro atoms. The predicted molar refractivity (Wildman–Crippen MR) is 120 cm³/mol. The van der Waals surface area contributed by atoms with Crippen molar-refractivity contribution < 1.29 is 4.79 Å². The number of nitrogens with one attached hydrogen (secondary N) is 3. The lowest BCUT2D eigenvalue weighted by Crippen LogP contribution is -2.47. The van der Waals surface area contributed by atoms with Crippen molar-refractivity contribution in [3.8, 4) is 17.1 Å². The van der Waals surface area contributed by atoms with E-state index in [1.54, 1.807) is 0 Å². The Balaban J connectivity index is 1.80. The van der Waals surface area contributed by atoms with Gasteiger partial charge in [0.05, 0.1) is 5.75 Å². The lowest BCUT2D eigenvalue weighted by molar-refractivity contribution is -0.119. The first-order valence-electron chi connectivity index (χ1n) is 9.12. The molecule has 0 radical (unpaired) electrons. The van der Waals surface area contributed by atoms with E-state index in [1.165, 1.54) is 17.3 Å². The van der Waals surface area contributed by atoms with Gasteiger partial charge in [-0.05, 0) is 38.2 Å². The Morgan fingerprint density at radius 1 is 1.07 bits per heavy atom. The van der Waals surface area contributed by atoms with E-state index in [-0.39, 0.29) is 11.7 Å². The molecule has 0 aliphatic heterocycles. The number of thiocarbonyl (C=S) groups is 1. The van der Waals surface area contributed by atoms with Crippen molar-refractivity contribution in [2.45, 2.75) is 19.0 Å². The maximum Gasteiger partial charge on any atom is 0.248 e. The van der Waals surface area contributed by atoms with Crippen LogP contribution in [0.3, 0.4) is 0 Å². The summed E-state index contributed by atoms with van der Waals surface area (Å²) in [6.45, 7) is 4.64. The number of benzene rings is 2. The summed E-state index contributed by atoms with van der Waals surface area (Å²) < 4.78 is 1.96. The molecule has 0 aliphatic carbocycles. The fourth-order valence-electron chi connectivity index (χ4n) is 2.56. The number of amides is 1. The molecule has 0 aliphatic rings. The van der Waals surface area contributed by atoms with E-state index in [0.29, 0.717) is 16.8 Å². The summed E-state index contributed by atoms with van der Waals surface area (Å²) in [5, 5.41) is 12.6. The van der Waals surface area contributed by atoms with Crippen LogP contribution >= 0.6 is 24.0 Å². The van der Waals surface area contributed by atoms with Crippen molar-refractivity contribution in [1.29, 1.82) is 0 Å². The summed E-state index contributed by atoms with van der Waals surface area (Å²) >= 11 is 6.34. The van der Waals surface area contributed by atoms with Crippen LogP contribution in [-0.2, 0) is 4.79 Å². The molecular weight excluding hydrogens is 404 g/mol. The zero-order valence-electron chi connectivity index (χ0n) is 16.2. The summed E-state index contributed by atoms with van der Waals surface area (Å²) in [6.07, 6.45) is 0. The van der Waals surface area contributed by atoms with E-state index in [1.807, 2.05) is 73.0 Å². The van der Waals surface area contributed by atoms with E-state index in [4.69, 9.17) is 12.2 Å². The van der Waals surface area contributed by atoms with Crippen LogP contribution in [0.15, 0.2) is 59.8 Å². The van der Waals surface area contributed by atoms with Gasteiger partial charge in [-0.2, -0.15) is 0 Å². The number of rotatable bonds is 6. The van der Waals surface area contributed by atoms with Crippen LogP contribution < -0.4 is 16.2 Å². The molecule has 9 heteroatoms. The SMILES string of the molecule is CCNC(=S)NNC(=O)CSc1nnc(-c2ccccc2)n1-c1ccc(C)cc1. The molecule has 0 fully saturated rings. The smallest absolute Gasteiger partial charge is 0.248 e. The van der Waals surface area contributed by atoms with Crippen molar-refractivity contribution in [3.63, 3.8) is 0 Å². The number of aryl methyl sites for hydroxylation is 1. The third kappa shape index (κ3) is 5.55. The molecule has 0 saturated carbocycles. The summed E-state index contributed by atoms with van der Waals surface area (Å²) in [5.41, 5.74) is 8.30. The number of nitrogens with zero attached hydrogens (tertiary/aromatic N) is 3. The summed E-state index contributed by atoms with van der Waals surface area (Å²) in [4.78, 5) is 12.2. The zero-order valence-corrected chi connectivity index (χ0v) is 17.8. The first-order valence-corrected chi connectivity index (χ1v) is 10.5. The van der Waals surface area contributed by atoms with Gasteiger partial charge in [-0.25, -0.2) is 0 Å². The van der Waals surface area contributed by atoms with Crippen molar-refractivity contribution in [1.82, 2.24) is 30.9 Å². The molecule has 150 valence electrons. The number of hydrogen-bond acceptors (Lipinski definition) is 5. The van der Waals surface area contributed by atoms with Gasteiger partial charge in [-0.15, -0.1) is 10.2 Å². The predicted octanol–water partition coefficient (Wildman–Crippen LogP) is 2.85. The van der Waals surface area contributed by atoms with Crippen molar-refractivity contribution in [2.24, 2.45) is 0 Å². The number of thioether (sulfide) groups is 1. The highest BCUT2D eigenvalue weighted by Gasteiger charge is 2.17. The summed E-state index contributed by atoms with van der Waals surface area (Å²) in [5.74, 6) is 0.680. The van der Waals surface area contributed by atoms with Crippen LogP contribution in [0.25, 0.3) is 17.1 Å². The molecule has 3 aromatic rings. The second-order valence-corrected chi connectivity index (χ2v) is 7.52. The molecule has 1 amide bonds. The standard InChI is InChI=1S/C20H22N6OS2/c1-3-21-19(28)24-22-17(27)13-29-20-25-23-18(15-7-5-4-6-8-15)26(20)16-11-9-14(2)10-12-16/h4-12H,3,13H2,1-2H3,(H,22,27)(H2,21,24,28). The maximum absolute atomic E-state index is 12.2. The first kappa shape index (κ1) is 20.8. The Bertz CT molecular complexity index is 972. The molecule has 3 N–H and O–H groups in total. The Morgan fingerprint density at radius 3 is 2.48 bits per heavy atom. The molecule has 1 aromatic heterocycles. The van der Waals surface area contributed by atoms with Crippen molar-refractivity contribution in [2.75, 3.05) is 12.3 Å². The number of hydrogen-bond donors (Lipinski definition) is 3. The molecule has 2 aromatic carbocycles. The summed E-state index contributed by atoms with van der Waals surface area (Å²) in [6, 6.07) is 18.0. The minimum atomic E-state index is -0.213. The average Bonchev–Trinajstić information content (AvgIpc) is 3.16. The van der Waals surface area contributed by atoms with Crippen LogP contribution in [0.4, 0.5) is 0 Å². The Labute approximate surface area is 179 Å². The fourth-order valence-corrected chi connectivity index (χ4v) is 3.51. The molecule has 0 saturated heterocycles. The molecule has 0 unspecified atom stereocenters. The molecule has 3 rings (SSSR count). The van der Waals surface area contributed by atoms with Gasteiger partial charge in [0.15, 0.2) is 16.1 Å². The highest BCUT2D eigenvalue weighted by Crippen LogP contribution is 2.27. The van der Waals surface area contributed by atoms with E-state index < -0.39 is 0 Å². The van der Waals surface area contributed by atoms with Crippen molar-refractivity contribution >= 4 is 35.0 Å². The van der Waals surface area contributed by atoms with E-state index >= 15 is 0 Å². The van der Waals surface area contributed by atoms with Crippen LogP contribution in [0.1, 0.15) is 12.5 Å². The van der Waals surface area contributed by atoms with E-state index in [2.05, 4.69) is 26.4 Å². The quantitative estimate of drug-likeness (QED) is 0.318. The minimum absolute atomic E-state index is 0.167. The highest BCUT2D eigenvalue weighted by atomic mass is 32.2. The Morgan fingerprint density at radius 2 is 1.79 bits per heavy atom. The molecule has 7 nitrogen and oxygen atoms in total. The second kappa shape index (κ2) is 10.0. The highest BCUT2D eigenvalue weighted by molar-refractivity contribution is 7.99. The van der Waals surface area contributed by atoms with Gasteiger partial charge < -0.3 is 5.32 Å². The van der Waals surface area contributed by atoms with Crippen LogP contribution in [0.5, 0.6) is 0 Å². The second-order valence-electron chi connectivity index (χ2n) is 6.16. The van der Waals surface area contributed by atoms with Crippen LogP contribution in [-0.4, -0.2) is 38.1 Å². The normalized spacial score (nSPS) is 10.4. The molecule has 0 atom stereocenters. The molecule has 1 heterocycles. The molecule has 0 bridgehead atoms. The van der Waals surface area contributed by atoms with Gasteiger partial charge in [0, 0.05) is 17.8 Å². The minimum Gasteiger partial charge on any atom is -0.362 e. The first-order chi connectivity index (χ1) is 14.1. The Hall–Kier alpha value is -2.91. The topological polar surface area (TPSA) is 83.9 Å². The number of hydrazine groups is 1. The van der Waals surface area contributed by atoms with Gasteiger partial charge >= 0.3 is 0 Å². The maximum atomic E-state index is 12.2. The van der Waals surface area contributed by atoms with Gasteiger partial charge in [-0.1, -0.05) is 59.8 Å². The van der Waals surface area contributed by atoms with Gasteiger partial charge in [0.1, 0.15) is 0 Å². The van der Waals surface area contributed by atoms with Crippen molar-refractivity contribution in [3.05, 3.63) is 60.2 Å². The van der Waals surface area contributed by atoms with Gasteiger partial charge in [-0.3, -0.25) is 20.2 Å². The summed E-state index contributed by atoms with van der Waals surface area (Å²) in [7, 11) is 0. The van der Waals surface area contributed by atoms with Gasteiger partial charge in [0.25, 0.3) is 0 Å². The Kier molecular flexibility index (Phi) is 7.20. The van der Waals surface area contributed by atoms with Gasteiger partial charge in [0.2, 0.25) is 5.91 Å². The fraction of sp³-hybridized carbons (Fsp3) is 0.200. The lowest BCUT2D eigenvalue weighted by Gasteiger charge is -2.12. The third-order valence-electron chi connectivity index (χ3n) is 3.94. The van der Waals surface area contributed by atoms with E-state index in [9.17, 15) is 4.79 Å². The molecule has 29 heavy (non-hydrogen) atoms. The van der Waals surface area contributed by atoms with Crippen LogP contribution in [0.2, 0.25) is 0 Å². The average molecular weight is 427 g/mol. The molecular formula is C20H22N6OS2. The zero-order chi connectivity index (χ0) is 20.6. The lowest BCUT2D eigenvalue weighted by atomic mass is 10.2. The third-order valence-corrected chi connectivity index (χ3v) is 5.12. The largest absolute Gasteiger partial charge is 0.362 e.